The third-order valence-corrected chi connectivity index (χ3v) is 5.64. The summed E-state index contributed by atoms with van der Waals surface area (Å²) in [7, 11) is -4.84. The monoisotopic (exact) mass is 402 g/mol. The second-order valence-corrected chi connectivity index (χ2v) is 8.07. The van der Waals surface area contributed by atoms with Gasteiger partial charge in [0.2, 0.25) is 10.0 Å². The van der Waals surface area contributed by atoms with Crippen molar-refractivity contribution in [1.29, 1.82) is 0 Å². The van der Waals surface area contributed by atoms with Gasteiger partial charge in [0.15, 0.2) is 5.75 Å². The summed E-state index contributed by atoms with van der Waals surface area (Å²) in [6.07, 6.45) is -9.29. The summed E-state index contributed by atoms with van der Waals surface area (Å²) < 4.78 is 99.9. The first-order chi connectivity index (χ1) is 11.8. The van der Waals surface area contributed by atoms with Gasteiger partial charge in [0.25, 0.3) is 5.91 Å². The molecule has 2 aliphatic rings. The minimum atomic E-state index is -4.99. The number of amides is 1. The van der Waals surface area contributed by atoms with Crippen LogP contribution in [0.1, 0.15) is 16.8 Å². The number of carbonyl (C=O) groups excluding carboxylic acids is 1. The minimum Gasteiger partial charge on any atom is -0.346 e. The van der Waals surface area contributed by atoms with E-state index < -0.39 is 57.1 Å². The zero-order valence-corrected chi connectivity index (χ0v) is 13.6. The van der Waals surface area contributed by atoms with Gasteiger partial charge in [0.05, 0.1) is 22.7 Å². The van der Waals surface area contributed by atoms with E-state index in [9.17, 15) is 39.6 Å². The number of carbonyl (C=O) groups is 1. The van der Waals surface area contributed by atoms with Gasteiger partial charge in [-0.15, -0.1) is 0 Å². The van der Waals surface area contributed by atoms with Crippen LogP contribution in [0, 0.1) is 11.8 Å². The topological polar surface area (TPSA) is 75.3 Å². The summed E-state index contributed by atoms with van der Waals surface area (Å²) in [5.41, 5.74) is -2.18. The second-order valence-electron chi connectivity index (χ2n) is 6.35. The number of hydrogen-bond donors (Lipinski definition) is 2. The molecule has 0 saturated heterocycles. The smallest absolute Gasteiger partial charge is 0.346 e. The molecule has 0 aromatic heterocycles. The Kier molecular flexibility index (Phi) is 3.98. The van der Waals surface area contributed by atoms with Gasteiger partial charge in [-0.2, -0.15) is 26.3 Å². The van der Waals surface area contributed by atoms with Crippen molar-refractivity contribution in [3.05, 3.63) is 29.8 Å². The highest BCUT2D eigenvalue weighted by atomic mass is 32.2. The van der Waals surface area contributed by atoms with Crippen molar-refractivity contribution in [2.45, 2.75) is 24.3 Å². The molecular formula is C14H12F6N2O3S. The van der Waals surface area contributed by atoms with E-state index in [1.165, 1.54) is 12.1 Å². The first-order valence-corrected chi connectivity index (χ1v) is 8.96. The van der Waals surface area contributed by atoms with E-state index in [1.807, 2.05) is 0 Å². The molecule has 144 valence electrons. The molecule has 2 saturated carbocycles. The molecule has 3 unspecified atom stereocenters. The number of rotatable bonds is 5. The third-order valence-electron chi connectivity index (χ3n) is 4.40. The molecule has 0 radical (unpaired) electrons. The average Bonchev–Trinajstić information content (AvgIpc) is 3.23. The zero-order valence-electron chi connectivity index (χ0n) is 12.8. The van der Waals surface area contributed by atoms with Crippen molar-refractivity contribution >= 4 is 21.6 Å². The number of sulfonamides is 1. The Hall–Kier alpha value is -1.98. The van der Waals surface area contributed by atoms with E-state index in [1.54, 1.807) is 4.72 Å². The van der Waals surface area contributed by atoms with E-state index in [4.69, 9.17) is 0 Å². The van der Waals surface area contributed by atoms with Crippen LogP contribution in [0.25, 0.3) is 0 Å². The Morgan fingerprint density at radius 1 is 1.15 bits per heavy atom. The Morgan fingerprint density at radius 3 is 2.27 bits per heavy atom. The highest BCUT2D eigenvalue weighted by Crippen LogP contribution is 2.76. The summed E-state index contributed by atoms with van der Waals surface area (Å²) in [5, 5.41) is 2.24. The van der Waals surface area contributed by atoms with Crippen LogP contribution in [0.3, 0.4) is 0 Å². The predicted octanol–water partition coefficient (Wildman–Crippen LogP) is 2.67. The SMILES string of the molecule is O=C(NC12CC1C2C(F)(F)F)c1ccccc1NS(=O)(=O)CC(F)(F)F. The van der Waals surface area contributed by atoms with Crippen molar-refractivity contribution < 1.29 is 39.6 Å². The fourth-order valence-corrected chi connectivity index (χ4v) is 4.13. The lowest BCUT2D eigenvalue weighted by Crippen LogP contribution is -2.38. The lowest BCUT2D eigenvalue weighted by Gasteiger charge is -2.18. The molecule has 12 heteroatoms. The van der Waals surface area contributed by atoms with E-state index >= 15 is 0 Å². The molecule has 5 nitrogen and oxygen atoms in total. The van der Waals surface area contributed by atoms with Gasteiger partial charge >= 0.3 is 12.4 Å². The van der Waals surface area contributed by atoms with Crippen molar-refractivity contribution in [1.82, 2.24) is 5.32 Å². The molecule has 0 bridgehead atoms. The lowest BCUT2D eigenvalue weighted by molar-refractivity contribution is -0.162. The third kappa shape index (κ3) is 3.60. The molecule has 0 spiro atoms. The quantitative estimate of drug-likeness (QED) is 0.744. The molecule has 1 aromatic rings. The lowest BCUT2D eigenvalue weighted by atomic mass is 10.1. The van der Waals surface area contributed by atoms with Crippen LogP contribution in [-0.4, -0.2) is 38.0 Å². The summed E-state index contributed by atoms with van der Waals surface area (Å²) in [5.74, 6) is -5.49. The number of hydrogen-bond acceptors (Lipinski definition) is 3. The Morgan fingerprint density at radius 2 is 1.77 bits per heavy atom. The Balaban J connectivity index is 1.75. The van der Waals surface area contributed by atoms with Crippen LogP contribution in [0.4, 0.5) is 32.0 Å². The number of nitrogens with one attached hydrogen (secondary N) is 2. The standard InChI is InChI=1S/C14H12F6N2O3S/c15-13(16,17)6-26(24,25)22-9-4-2-1-3-7(9)11(23)21-12-5-8(12)10(12)14(18,19)20/h1-4,8,10,22H,5-6H2,(H,21,23). The number of fused-ring (bicyclic) bond motifs is 1. The first kappa shape index (κ1) is 18.8. The van der Waals surface area contributed by atoms with Gasteiger partial charge in [-0.25, -0.2) is 8.42 Å². The molecule has 2 aliphatic carbocycles. The molecule has 2 fully saturated rings. The van der Waals surface area contributed by atoms with Crippen LogP contribution in [-0.2, 0) is 10.0 Å². The molecule has 3 rings (SSSR count). The Labute approximate surface area is 143 Å². The zero-order chi connectivity index (χ0) is 19.5. The molecule has 3 atom stereocenters. The van der Waals surface area contributed by atoms with Crippen molar-refractivity contribution in [2.24, 2.45) is 11.8 Å². The number of anilines is 1. The molecule has 26 heavy (non-hydrogen) atoms. The fourth-order valence-electron chi connectivity index (χ4n) is 3.12. The van der Waals surface area contributed by atoms with Crippen LogP contribution in [0.2, 0.25) is 0 Å². The van der Waals surface area contributed by atoms with Crippen LogP contribution in [0.15, 0.2) is 24.3 Å². The molecule has 0 aliphatic heterocycles. The predicted molar refractivity (Wildman–Crippen MR) is 77.8 cm³/mol. The number of para-hydroxylation sites is 1. The van der Waals surface area contributed by atoms with Crippen LogP contribution < -0.4 is 10.0 Å². The molecule has 1 aromatic carbocycles. The first-order valence-electron chi connectivity index (χ1n) is 7.31. The highest BCUT2D eigenvalue weighted by Gasteiger charge is 2.87. The largest absolute Gasteiger partial charge is 0.404 e. The van der Waals surface area contributed by atoms with Crippen molar-refractivity contribution in [2.75, 3.05) is 10.5 Å². The van der Waals surface area contributed by atoms with Crippen molar-refractivity contribution in [3.8, 4) is 0 Å². The normalized spacial score (nSPS) is 27.5. The molecular weight excluding hydrogens is 390 g/mol. The van der Waals surface area contributed by atoms with Gasteiger partial charge in [-0.1, -0.05) is 12.1 Å². The Bertz CT molecular complexity index is 851. The van der Waals surface area contributed by atoms with Crippen molar-refractivity contribution in [3.63, 3.8) is 0 Å². The maximum atomic E-state index is 12.7. The van der Waals surface area contributed by atoms with Gasteiger partial charge < -0.3 is 5.32 Å². The van der Waals surface area contributed by atoms with Crippen LogP contribution >= 0.6 is 0 Å². The molecule has 0 heterocycles. The van der Waals surface area contributed by atoms with Crippen LogP contribution in [0.5, 0.6) is 0 Å². The van der Waals surface area contributed by atoms with E-state index in [0.717, 1.165) is 12.1 Å². The molecule has 1 amide bonds. The van der Waals surface area contributed by atoms with E-state index in [-0.39, 0.29) is 12.0 Å². The average molecular weight is 402 g/mol. The maximum absolute atomic E-state index is 12.7. The number of alkyl halides is 6. The van der Waals surface area contributed by atoms with Gasteiger partial charge in [-0.3, -0.25) is 9.52 Å². The second kappa shape index (κ2) is 5.51. The highest BCUT2D eigenvalue weighted by molar-refractivity contribution is 7.92. The summed E-state index contributed by atoms with van der Waals surface area (Å²) in [4.78, 5) is 12.3. The summed E-state index contributed by atoms with van der Waals surface area (Å²) in [6, 6.07) is 4.75. The number of benzene rings is 1. The number of halogens is 6. The van der Waals surface area contributed by atoms with Gasteiger partial charge in [0.1, 0.15) is 0 Å². The van der Waals surface area contributed by atoms with E-state index in [0.29, 0.717) is 0 Å². The molecule has 2 N–H and O–H groups in total. The summed E-state index contributed by atoms with van der Waals surface area (Å²) in [6.45, 7) is 0. The van der Waals surface area contributed by atoms with Gasteiger partial charge in [0, 0.05) is 0 Å². The minimum absolute atomic E-state index is 0.158. The van der Waals surface area contributed by atoms with E-state index in [2.05, 4.69) is 5.32 Å². The van der Waals surface area contributed by atoms with Gasteiger partial charge in [-0.05, 0) is 24.5 Å². The summed E-state index contributed by atoms with van der Waals surface area (Å²) >= 11 is 0. The maximum Gasteiger partial charge on any atom is 0.404 e. The fraction of sp³-hybridized carbons (Fsp3) is 0.500.